The largest absolute Gasteiger partial charge is 0.280 e. The second kappa shape index (κ2) is 4.87. The number of aromatic nitrogens is 2. The van der Waals surface area contributed by atoms with Crippen molar-refractivity contribution < 1.29 is 0 Å². The molecule has 3 nitrogen and oxygen atoms in total. The molecule has 0 fully saturated rings. The quantitative estimate of drug-likeness (QED) is 0.514. The number of hydrogen-bond donors (Lipinski definition) is 0. The molecule has 0 unspecified atom stereocenters. The Morgan fingerprint density at radius 2 is 2.50 bits per heavy atom. The Bertz CT molecular complexity index is 258. The Kier molecular flexibility index (Phi) is 3.73. The minimum Gasteiger partial charge on any atom is -0.280 e. The van der Waals surface area contributed by atoms with E-state index in [9.17, 15) is 0 Å². The Balaban J connectivity index is 2.82. The van der Waals surface area contributed by atoms with Crippen LogP contribution in [0.5, 0.6) is 0 Å². The number of hydrogen-bond acceptors (Lipinski definition) is 4. The highest BCUT2D eigenvalue weighted by Crippen LogP contribution is 2.09. The fourth-order valence-electron chi connectivity index (χ4n) is 0.807. The molecule has 0 aromatic carbocycles. The summed E-state index contributed by atoms with van der Waals surface area (Å²) in [6.45, 7) is 2.09. The van der Waals surface area contributed by atoms with Crippen molar-refractivity contribution in [2.45, 2.75) is 6.92 Å². The second-order valence-electron chi connectivity index (χ2n) is 2.06. The van der Waals surface area contributed by atoms with Crippen molar-refractivity contribution >= 4 is 16.8 Å². The number of nitrogens with zero attached hydrogens (tertiary/aromatic N) is 3. The molecule has 0 N–H and O–H groups in total. The highest BCUT2D eigenvalue weighted by molar-refractivity contribution is 8.14. The summed E-state index contributed by atoms with van der Waals surface area (Å²) in [6.07, 6.45) is 3.26. The van der Waals surface area contributed by atoms with Gasteiger partial charge in [-0.25, -0.2) is 9.97 Å². The van der Waals surface area contributed by atoms with Crippen LogP contribution in [-0.2, 0) is 0 Å². The summed E-state index contributed by atoms with van der Waals surface area (Å²) < 4.78 is 0. The highest BCUT2D eigenvalue weighted by Gasteiger charge is 2.01. The van der Waals surface area contributed by atoms with E-state index in [0.29, 0.717) is 0 Å². The van der Waals surface area contributed by atoms with Crippen molar-refractivity contribution in [3.8, 4) is 0 Å². The molecular weight excluding hydrogens is 170 g/mol. The molecule has 0 saturated heterocycles. The summed E-state index contributed by atoms with van der Waals surface area (Å²) in [6, 6.07) is 1.87. The minimum absolute atomic E-state index is 0.902. The summed E-state index contributed by atoms with van der Waals surface area (Å²) >= 11 is 1.69. The van der Waals surface area contributed by atoms with Gasteiger partial charge in [0.25, 0.3) is 0 Å². The molecule has 0 saturated carbocycles. The van der Waals surface area contributed by atoms with Gasteiger partial charge in [0.2, 0.25) is 0 Å². The first-order valence-electron chi connectivity index (χ1n) is 3.74. The summed E-state index contributed by atoms with van der Waals surface area (Å²) in [5, 5.41) is 0.972. The smallest absolute Gasteiger partial charge is 0.116 e. The average molecular weight is 181 g/mol. The first kappa shape index (κ1) is 9.19. The lowest BCUT2D eigenvalue weighted by molar-refractivity contribution is 1.15. The zero-order valence-electron chi connectivity index (χ0n) is 7.19. The molecule has 0 aliphatic carbocycles. The first-order valence-corrected chi connectivity index (χ1v) is 4.73. The Hall–Kier alpha value is -0.900. The highest BCUT2D eigenvalue weighted by atomic mass is 32.2. The lowest BCUT2D eigenvalue weighted by Crippen LogP contribution is -1.99. The van der Waals surface area contributed by atoms with Gasteiger partial charge in [0.15, 0.2) is 0 Å². The lowest BCUT2D eigenvalue weighted by atomic mass is 10.4. The third kappa shape index (κ3) is 2.30. The number of thioether (sulfide) groups is 1. The third-order valence-corrected chi connectivity index (χ3v) is 2.24. The van der Waals surface area contributed by atoms with Crippen molar-refractivity contribution in [1.82, 2.24) is 9.97 Å². The van der Waals surface area contributed by atoms with E-state index in [-0.39, 0.29) is 0 Å². The van der Waals surface area contributed by atoms with E-state index >= 15 is 0 Å². The van der Waals surface area contributed by atoms with Crippen LogP contribution in [-0.4, -0.2) is 27.8 Å². The molecule has 0 radical (unpaired) electrons. The van der Waals surface area contributed by atoms with Gasteiger partial charge in [-0.2, -0.15) is 0 Å². The molecule has 1 aromatic heterocycles. The molecule has 0 atom stereocenters. The van der Waals surface area contributed by atoms with E-state index in [1.54, 1.807) is 25.0 Å². The van der Waals surface area contributed by atoms with Gasteiger partial charge in [-0.3, -0.25) is 4.99 Å². The van der Waals surface area contributed by atoms with Gasteiger partial charge >= 0.3 is 0 Å². The Labute approximate surface area is 76.3 Å². The van der Waals surface area contributed by atoms with Crippen LogP contribution in [0, 0.1) is 0 Å². The Morgan fingerprint density at radius 3 is 3.00 bits per heavy atom. The Morgan fingerprint density at radius 1 is 1.67 bits per heavy atom. The van der Waals surface area contributed by atoms with Crippen LogP contribution in [0.15, 0.2) is 23.6 Å². The monoisotopic (exact) mass is 181 g/mol. The van der Waals surface area contributed by atoms with Crippen LogP contribution in [0.2, 0.25) is 0 Å². The predicted molar refractivity (Wildman–Crippen MR) is 52.6 cm³/mol. The molecule has 0 spiro atoms. The normalized spacial score (nSPS) is 11.7. The van der Waals surface area contributed by atoms with E-state index in [0.717, 1.165) is 16.5 Å². The van der Waals surface area contributed by atoms with Gasteiger partial charge in [0, 0.05) is 13.2 Å². The van der Waals surface area contributed by atoms with Gasteiger partial charge < -0.3 is 0 Å². The maximum absolute atomic E-state index is 4.14. The molecule has 64 valence electrons. The van der Waals surface area contributed by atoms with E-state index in [2.05, 4.69) is 21.9 Å². The van der Waals surface area contributed by atoms with Crippen molar-refractivity contribution in [2.75, 3.05) is 12.8 Å². The maximum atomic E-state index is 4.14. The lowest BCUT2D eigenvalue weighted by Gasteiger charge is -2.00. The molecule has 0 aliphatic heterocycles. The maximum Gasteiger partial charge on any atom is 0.116 e. The topological polar surface area (TPSA) is 38.1 Å². The zero-order chi connectivity index (χ0) is 8.81. The average Bonchev–Trinajstić information content (AvgIpc) is 2.15. The van der Waals surface area contributed by atoms with Crippen LogP contribution in [0.1, 0.15) is 12.6 Å². The fourth-order valence-corrected chi connectivity index (χ4v) is 1.48. The molecule has 0 aliphatic rings. The van der Waals surface area contributed by atoms with E-state index in [1.807, 2.05) is 6.07 Å². The predicted octanol–water partition coefficient (Wildman–Crippen LogP) is 1.61. The summed E-state index contributed by atoms with van der Waals surface area (Å²) in [4.78, 5) is 12.1. The molecule has 0 amide bonds. The van der Waals surface area contributed by atoms with Crippen LogP contribution in [0.4, 0.5) is 0 Å². The summed E-state index contributed by atoms with van der Waals surface area (Å²) in [5.74, 6) is 1.01. The fraction of sp³-hybridized carbons (Fsp3) is 0.375. The van der Waals surface area contributed by atoms with E-state index < -0.39 is 0 Å². The molecule has 1 heterocycles. The van der Waals surface area contributed by atoms with Gasteiger partial charge in [-0.15, -0.1) is 11.8 Å². The minimum atomic E-state index is 0.902. The van der Waals surface area contributed by atoms with Crippen molar-refractivity contribution in [1.29, 1.82) is 0 Å². The molecule has 1 aromatic rings. The van der Waals surface area contributed by atoms with Crippen LogP contribution < -0.4 is 0 Å². The van der Waals surface area contributed by atoms with Crippen LogP contribution >= 0.6 is 11.8 Å². The van der Waals surface area contributed by atoms with Crippen molar-refractivity contribution in [3.05, 3.63) is 24.3 Å². The second-order valence-corrected chi connectivity index (χ2v) is 3.31. The van der Waals surface area contributed by atoms with E-state index in [1.165, 1.54) is 6.33 Å². The van der Waals surface area contributed by atoms with E-state index in [4.69, 9.17) is 0 Å². The molecule has 0 bridgehead atoms. The summed E-state index contributed by atoms with van der Waals surface area (Å²) in [5.41, 5.74) is 0.902. The van der Waals surface area contributed by atoms with Crippen molar-refractivity contribution in [2.24, 2.45) is 4.99 Å². The molecule has 1 rings (SSSR count). The third-order valence-electron chi connectivity index (χ3n) is 1.29. The van der Waals surface area contributed by atoms with Crippen molar-refractivity contribution in [3.63, 3.8) is 0 Å². The molecule has 12 heavy (non-hydrogen) atoms. The van der Waals surface area contributed by atoms with Crippen LogP contribution in [0.25, 0.3) is 0 Å². The van der Waals surface area contributed by atoms with Gasteiger partial charge in [-0.05, 0) is 11.8 Å². The number of rotatable bonds is 2. The van der Waals surface area contributed by atoms with Crippen LogP contribution in [0.3, 0.4) is 0 Å². The molecule has 4 heteroatoms. The number of aliphatic imine (C=N–C) groups is 1. The molecular formula is C8H11N3S. The summed E-state index contributed by atoms with van der Waals surface area (Å²) in [7, 11) is 1.78. The van der Waals surface area contributed by atoms with Gasteiger partial charge in [0.1, 0.15) is 11.4 Å². The first-order chi connectivity index (χ1) is 5.88. The van der Waals surface area contributed by atoms with Gasteiger partial charge in [-0.1, -0.05) is 6.92 Å². The SMILES string of the molecule is CCSC(=NC)c1ccncn1. The zero-order valence-corrected chi connectivity index (χ0v) is 8.01. The van der Waals surface area contributed by atoms with Gasteiger partial charge in [0.05, 0.1) is 5.69 Å². The standard InChI is InChI=1S/C8H11N3S/c1-3-12-8(9-2)7-4-5-10-6-11-7/h4-6H,3H2,1-2H3.